The molecule has 0 spiro atoms. The van der Waals surface area contributed by atoms with Crippen molar-refractivity contribution in [2.75, 3.05) is 12.8 Å². The van der Waals surface area contributed by atoms with E-state index in [4.69, 9.17) is 11.6 Å². The lowest BCUT2D eigenvalue weighted by atomic mass is 10.2. The van der Waals surface area contributed by atoms with E-state index in [2.05, 4.69) is 4.98 Å². The molecule has 0 bridgehead atoms. The number of halogens is 3. The Hall–Kier alpha value is -3.23. The number of para-hydroxylation sites is 2. The van der Waals surface area contributed by atoms with Gasteiger partial charge in [-0.25, -0.2) is 13.8 Å². The van der Waals surface area contributed by atoms with E-state index in [0.29, 0.717) is 10.9 Å². The van der Waals surface area contributed by atoms with Gasteiger partial charge in [0, 0.05) is 24.2 Å². The Morgan fingerprint density at radius 2 is 1.73 bits per heavy atom. The van der Waals surface area contributed by atoms with Crippen LogP contribution in [0.15, 0.2) is 76.7 Å². The minimum absolute atomic E-state index is 0.0177. The zero-order valence-corrected chi connectivity index (χ0v) is 19.0. The highest BCUT2D eigenvalue weighted by molar-refractivity contribution is 7.99. The quantitative estimate of drug-likeness (QED) is 0.283. The van der Waals surface area contributed by atoms with Gasteiger partial charge in [-0.2, -0.15) is 0 Å². The summed E-state index contributed by atoms with van der Waals surface area (Å²) in [6, 6.07) is 16.9. The molecule has 4 aromatic rings. The number of nitrogens with zero attached hydrogens (tertiary/aromatic N) is 3. The highest BCUT2D eigenvalue weighted by Crippen LogP contribution is 2.24. The van der Waals surface area contributed by atoms with Crippen molar-refractivity contribution < 1.29 is 13.6 Å². The van der Waals surface area contributed by atoms with Crippen LogP contribution >= 0.6 is 23.4 Å². The number of hydrogen-bond acceptors (Lipinski definition) is 4. The maximum Gasteiger partial charge on any atom is 0.266 e. The molecule has 1 aromatic heterocycles. The number of carbonyl (C=O) groups excluding carboxylic acids is 1. The molecule has 0 radical (unpaired) electrons. The van der Waals surface area contributed by atoms with Crippen molar-refractivity contribution in [3.63, 3.8) is 0 Å². The number of benzene rings is 3. The SMILES string of the molecule is CN(Cc1c(F)cccc1Cl)C(=O)CSc1nc2ccccc2c(=O)n1-c1ccccc1F. The lowest BCUT2D eigenvalue weighted by molar-refractivity contribution is -0.127. The Labute approximate surface area is 197 Å². The average Bonchev–Trinajstić information content (AvgIpc) is 2.80. The summed E-state index contributed by atoms with van der Waals surface area (Å²) in [6.45, 7) is -0.0177. The van der Waals surface area contributed by atoms with Crippen molar-refractivity contribution in [2.24, 2.45) is 0 Å². The summed E-state index contributed by atoms with van der Waals surface area (Å²) in [6.07, 6.45) is 0. The van der Waals surface area contributed by atoms with Crippen LogP contribution in [0.5, 0.6) is 0 Å². The molecule has 33 heavy (non-hydrogen) atoms. The van der Waals surface area contributed by atoms with Crippen molar-refractivity contribution in [3.05, 3.63) is 99.3 Å². The smallest absolute Gasteiger partial charge is 0.266 e. The van der Waals surface area contributed by atoms with Gasteiger partial charge in [-0.1, -0.05) is 53.7 Å². The first-order chi connectivity index (χ1) is 15.9. The van der Waals surface area contributed by atoms with Crippen molar-refractivity contribution in [2.45, 2.75) is 11.7 Å². The molecule has 4 rings (SSSR count). The molecule has 0 aliphatic carbocycles. The number of thioether (sulfide) groups is 1. The summed E-state index contributed by atoms with van der Waals surface area (Å²) in [7, 11) is 1.53. The van der Waals surface area contributed by atoms with Crippen LogP contribution in [0.1, 0.15) is 5.56 Å². The summed E-state index contributed by atoms with van der Waals surface area (Å²) in [5.41, 5.74) is 0.262. The van der Waals surface area contributed by atoms with Crippen molar-refractivity contribution in [1.82, 2.24) is 14.5 Å². The molecule has 0 aliphatic rings. The molecule has 0 fully saturated rings. The van der Waals surface area contributed by atoms with Gasteiger partial charge in [0.05, 0.1) is 22.3 Å². The highest BCUT2D eigenvalue weighted by Gasteiger charge is 2.19. The molecule has 168 valence electrons. The fourth-order valence-corrected chi connectivity index (χ4v) is 4.47. The molecule has 0 saturated heterocycles. The predicted molar refractivity (Wildman–Crippen MR) is 126 cm³/mol. The van der Waals surface area contributed by atoms with Gasteiger partial charge in [0.15, 0.2) is 5.16 Å². The summed E-state index contributed by atoms with van der Waals surface area (Å²) in [5, 5.41) is 0.740. The Balaban J connectivity index is 1.64. The topological polar surface area (TPSA) is 55.2 Å². The van der Waals surface area contributed by atoms with Gasteiger partial charge >= 0.3 is 0 Å². The third-order valence-corrected chi connectivity index (χ3v) is 6.32. The fraction of sp³-hybridized carbons (Fsp3) is 0.125. The second kappa shape index (κ2) is 9.72. The van der Waals surface area contributed by atoms with E-state index in [1.807, 2.05) is 0 Å². The number of hydrogen-bond donors (Lipinski definition) is 0. The molecule has 1 amide bonds. The Kier molecular flexibility index (Phi) is 6.76. The van der Waals surface area contributed by atoms with Gasteiger partial charge in [0.25, 0.3) is 5.56 Å². The normalized spacial score (nSPS) is 11.0. The van der Waals surface area contributed by atoms with E-state index in [9.17, 15) is 18.4 Å². The summed E-state index contributed by atoms with van der Waals surface area (Å²) in [4.78, 5) is 31.8. The van der Waals surface area contributed by atoms with E-state index in [1.54, 1.807) is 36.4 Å². The van der Waals surface area contributed by atoms with Crippen molar-refractivity contribution in [3.8, 4) is 5.69 Å². The molecular weight excluding hydrogens is 468 g/mol. The van der Waals surface area contributed by atoms with E-state index in [-0.39, 0.29) is 39.6 Å². The zero-order chi connectivity index (χ0) is 23.5. The standard InChI is InChI=1S/C24H18ClF2N3O2S/c1-29(13-16-17(25)8-6-10-18(16)26)22(31)14-33-24-28-20-11-4-2-7-15(20)23(32)30(24)21-12-5-3-9-19(21)27/h2-12H,13-14H2,1H3. The molecular formula is C24H18ClF2N3O2S. The van der Waals surface area contributed by atoms with Crippen LogP contribution in [-0.4, -0.2) is 33.2 Å². The number of aromatic nitrogens is 2. The first-order valence-electron chi connectivity index (χ1n) is 9.93. The molecule has 5 nitrogen and oxygen atoms in total. The number of carbonyl (C=O) groups is 1. The maximum absolute atomic E-state index is 14.6. The molecule has 9 heteroatoms. The lowest BCUT2D eigenvalue weighted by Gasteiger charge is -2.19. The van der Waals surface area contributed by atoms with Crippen LogP contribution in [0.2, 0.25) is 5.02 Å². The minimum atomic E-state index is -0.587. The number of rotatable bonds is 6. The third kappa shape index (κ3) is 4.77. The van der Waals surface area contributed by atoms with E-state index >= 15 is 0 Å². The first kappa shape index (κ1) is 22.9. The number of amides is 1. The van der Waals surface area contributed by atoms with Gasteiger partial charge in [-0.3, -0.25) is 14.2 Å². The largest absolute Gasteiger partial charge is 0.341 e. The molecule has 1 heterocycles. The molecule has 0 atom stereocenters. The van der Waals surface area contributed by atoms with Crippen LogP contribution in [0.3, 0.4) is 0 Å². The maximum atomic E-state index is 14.6. The molecule has 3 aromatic carbocycles. The average molecular weight is 486 g/mol. The zero-order valence-electron chi connectivity index (χ0n) is 17.5. The van der Waals surface area contributed by atoms with Gasteiger partial charge in [-0.05, 0) is 36.4 Å². The summed E-state index contributed by atoms with van der Waals surface area (Å²) < 4.78 is 29.8. The fourth-order valence-electron chi connectivity index (χ4n) is 3.30. The highest BCUT2D eigenvalue weighted by atomic mass is 35.5. The van der Waals surface area contributed by atoms with Crippen LogP contribution in [0.25, 0.3) is 16.6 Å². The minimum Gasteiger partial charge on any atom is -0.341 e. The number of fused-ring (bicyclic) bond motifs is 1. The Morgan fingerprint density at radius 1 is 1.03 bits per heavy atom. The second-order valence-corrected chi connectivity index (χ2v) is 8.59. The van der Waals surface area contributed by atoms with Crippen LogP contribution in [0.4, 0.5) is 8.78 Å². The first-order valence-corrected chi connectivity index (χ1v) is 11.3. The van der Waals surface area contributed by atoms with Crippen LogP contribution < -0.4 is 5.56 Å². The summed E-state index contributed by atoms with van der Waals surface area (Å²) in [5.74, 6) is -1.51. The molecule has 0 saturated carbocycles. The molecule has 0 unspecified atom stereocenters. The third-order valence-electron chi connectivity index (χ3n) is 5.05. The monoisotopic (exact) mass is 485 g/mol. The van der Waals surface area contributed by atoms with Gasteiger partial charge in [-0.15, -0.1) is 0 Å². The van der Waals surface area contributed by atoms with Crippen molar-refractivity contribution in [1.29, 1.82) is 0 Å². The second-order valence-electron chi connectivity index (χ2n) is 7.24. The molecule has 0 aliphatic heterocycles. The van der Waals surface area contributed by atoms with Crippen LogP contribution in [-0.2, 0) is 11.3 Å². The Morgan fingerprint density at radius 3 is 2.48 bits per heavy atom. The van der Waals surface area contributed by atoms with Gasteiger partial charge in [0.1, 0.15) is 11.6 Å². The van der Waals surface area contributed by atoms with Crippen molar-refractivity contribution >= 4 is 40.2 Å². The molecule has 0 N–H and O–H groups in total. The lowest BCUT2D eigenvalue weighted by Crippen LogP contribution is -2.29. The predicted octanol–water partition coefficient (Wildman–Crippen LogP) is 5.07. The van der Waals surface area contributed by atoms with Gasteiger partial charge in [0.2, 0.25) is 5.91 Å². The Bertz CT molecular complexity index is 1390. The van der Waals surface area contributed by atoms with Gasteiger partial charge < -0.3 is 4.90 Å². The van der Waals surface area contributed by atoms with Crippen LogP contribution in [0, 0.1) is 11.6 Å². The van der Waals surface area contributed by atoms with E-state index in [1.165, 1.54) is 46.8 Å². The van der Waals surface area contributed by atoms with E-state index in [0.717, 1.165) is 11.8 Å². The summed E-state index contributed by atoms with van der Waals surface area (Å²) >= 11 is 7.06. The van der Waals surface area contributed by atoms with E-state index < -0.39 is 17.2 Å².